The van der Waals surface area contributed by atoms with E-state index in [1.165, 1.54) is 5.56 Å². The SMILES string of the molecule is CCOc1ccccc1CN(C)CCCCCO. The molecule has 0 aromatic heterocycles. The molecule has 0 aliphatic rings. The number of aliphatic hydroxyl groups is 1. The lowest BCUT2D eigenvalue weighted by Gasteiger charge is -2.18. The highest BCUT2D eigenvalue weighted by Gasteiger charge is 2.05. The van der Waals surface area contributed by atoms with Gasteiger partial charge in [0.05, 0.1) is 6.61 Å². The van der Waals surface area contributed by atoms with Gasteiger partial charge in [-0.2, -0.15) is 0 Å². The summed E-state index contributed by atoms with van der Waals surface area (Å²) >= 11 is 0. The highest BCUT2D eigenvalue weighted by molar-refractivity contribution is 5.33. The molecule has 0 atom stereocenters. The Hall–Kier alpha value is -1.06. The Balaban J connectivity index is 2.40. The monoisotopic (exact) mass is 251 g/mol. The molecule has 0 aliphatic heterocycles. The van der Waals surface area contributed by atoms with Crippen molar-refractivity contribution in [2.45, 2.75) is 32.7 Å². The largest absolute Gasteiger partial charge is 0.494 e. The normalized spacial score (nSPS) is 10.9. The van der Waals surface area contributed by atoms with Crippen LogP contribution in [-0.2, 0) is 6.54 Å². The highest BCUT2D eigenvalue weighted by atomic mass is 16.5. The molecular formula is C15H25NO2. The molecule has 0 spiro atoms. The molecule has 0 bridgehead atoms. The second-order valence-electron chi connectivity index (χ2n) is 4.56. The van der Waals surface area contributed by atoms with Crippen LogP contribution >= 0.6 is 0 Å². The molecule has 0 fully saturated rings. The minimum atomic E-state index is 0.302. The summed E-state index contributed by atoms with van der Waals surface area (Å²) in [5, 5.41) is 8.73. The predicted octanol–water partition coefficient (Wildman–Crippen LogP) is 2.68. The summed E-state index contributed by atoms with van der Waals surface area (Å²) in [4.78, 5) is 2.30. The Labute approximate surface area is 110 Å². The van der Waals surface area contributed by atoms with Gasteiger partial charge in [0.1, 0.15) is 5.75 Å². The molecule has 1 aromatic carbocycles. The van der Waals surface area contributed by atoms with Crippen LogP contribution in [0.15, 0.2) is 24.3 Å². The van der Waals surface area contributed by atoms with Gasteiger partial charge < -0.3 is 14.7 Å². The molecule has 1 rings (SSSR count). The van der Waals surface area contributed by atoms with Crippen molar-refractivity contribution in [3.63, 3.8) is 0 Å². The van der Waals surface area contributed by atoms with Gasteiger partial charge in [-0.25, -0.2) is 0 Å². The zero-order valence-electron chi connectivity index (χ0n) is 11.6. The van der Waals surface area contributed by atoms with Crippen LogP contribution in [0.4, 0.5) is 0 Å². The van der Waals surface area contributed by atoms with Gasteiger partial charge >= 0.3 is 0 Å². The van der Waals surface area contributed by atoms with Gasteiger partial charge in [0.2, 0.25) is 0 Å². The van der Waals surface area contributed by atoms with Gasteiger partial charge in [-0.3, -0.25) is 0 Å². The Bertz CT molecular complexity index is 328. The number of aliphatic hydroxyl groups excluding tert-OH is 1. The summed E-state index contributed by atoms with van der Waals surface area (Å²) in [6.45, 7) is 4.99. The number of hydrogen-bond donors (Lipinski definition) is 1. The number of rotatable bonds is 9. The van der Waals surface area contributed by atoms with E-state index in [1.807, 2.05) is 19.1 Å². The maximum Gasteiger partial charge on any atom is 0.123 e. The molecular weight excluding hydrogens is 226 g/mol. The van der Waals surface area contributed by atoms with Gasteiger partial charge in [-0.1, -0.05) is 18.2 Å². The molecule has 0 unspecified atom stereocenters. The van der Waals surface area contributed by atoms with Crippen molar-refractivity contribution in [2.75, 3.05) is 26.8 Å². The minimum absolute atomic E-state index is 0.302. The number of para-hydroxylation sites is 1. The molecule has 0 heterocycles. The molecule has 1 N–H and O–H groups in total. The summed E-state index contributed by atoms with van der Waals surface area (Å²) in [7, 11) is 2.13. The Morgan fingerprint density at radius 1 is 1.17 bits per heavy atom. The summed E-state index contributed by atoms with van der Waals surface area (Å²) in [5.74, 6) is 0.988. The lowest BCUT2D eigenvalue weighted by Crippen LogP contribution is -2.19. The summed E-state index contributed by atoms with van der Waals surface area (Å²) < 4.78 is 5.62. The Morgan fingerprint density at radius 2 is 1.94 bits per heavy atom. The molecule has 0 radical (unpaired) electrons. The first-order valence-corrected chi connectivity index (χ1v) is 6.78. The average Bonchev–Trinajstić information content (AvgIpc) is 2.37. The van der Waals surface area contributed by atoms with Gasteiger partial charge in [0, 0.05) is 18.7 Å². The van der Waals surface area contributed by atoms with E-state index < -0.39 is 0 Å². The van der Waals surface area contributed by atoms with E-state index in [0.717, 1.165) is 38.1 Å². The highest BCUT2D eigenvalue weighted by Crippen LogP contribution is 2.19. The number of benzene rings is 1. The number of unbranched alkanes of at least 4 members (excludes halogenated alkanes) is 2. The first-order chi connectivity index (χ1) is 8.77. The standard InChI is InChI=1S/C15H25NO2/c1-3-18-15-10-6-5-9-14(15)13-16(2)11-7-4-8-12-17/h5-6,9-10,17H,3-4,7-8,11-13H2,1-2H3. The maximum atomic E-state index is 8.73. The molecule has 0 saturated carbocycles. The fourth-order valence-electron chi connectivity index (χ4n) is 1.97. The molecule has 3 nitrogen and oxygen atoms in total. The number of ether oxygens (including phenoxy) is 1. The molecule has 3 heteroatoms. The van der Waals surface area contributed by atoms with Crippen LogP contribution in [0.3, 0.4) is 0 Å². The smallest absolute Gasteiger partial charge is 0.123 e. The zero-order chi connectivity index (χ0) is 13.2. The van der Waals surface area contributed by atoms with Crippen LogP contribution in [0.25, 0.3) is 0 Å². The predicted molar refractivity (Wildman–Crippen MR) is 74.9 cm³/mol. The lowest BCUT2D eigenvalue weighted by atomic mass is 10.2. The Kier molecular flexibility index (Phi) is 7.46. The topological polar surface area (TPSA) is 32.7 Å². The molecule has 0 saturated heterocycles. The van der Waals surface area contributed by atoms with Crippen LogP contribution in [-0.4, -0.2) is 36.8 Å². The third-order valence-electron chi connectivity index (χ3n) is 2.91. The van der Waals surface area contributed by atoms with E-state index in [2.05, 4.69) is 24.1 Å². The van der Waals surface area contributed by atoms with Crippen LogP contribution in [0, 0.1) is 0 Å². The van der Waals surface area contributed by atoms with Crippen LogP contribution in [0.2, 0.25) is 0 Å². The second kappa shape index (κ2) is 8.95. The summed E-state index contributed by atoms with van der Waals surface area (Å²) in [6.07, 6.45) is 3.13. The van der Waals surface area contributed by atoms with E-state index in [4.69, 9.17) is 9.84 Å². The Morgan fingerprint density at radius 3 is 2.67 bits per heavy atom. The van der Waals surface area contributed by atoms with Gasteiger partial charge in [0.25, 0.3) is 0 Å². The average molecular weight is 251 g/mol. The van der Waals surface area contributed by atoms with Crippen molar-refractivity contribution in [1.82, 2.24) is 4.90 Å². The van der Waals surface area contributed by atoms with Crippen molar-refractivity contribution >= 4 is 0 Å². The first kappa shape index (κ1) is 15.0. The molecule has 0 amide bonds. The van der Waals surface area contributed by atoms with Crippen molar-refractivity contribution in [3.05, 3.63) is 29.8 Å². The third-order valence-corrected chi connectivity index (χ3v) is 2.91. The van der Waals surface area contributed by atoms with E-state index in [1.54, 1.807) is 0 Å². The number of nitrogens with zero attached hydrogens (tertiary/aromatic N) is 1. The first-order valence-electron chi connectivity index (χ1n) is 6.78. The van der Waals surface area contributed by atoms with E-state index in [9.17, 15) is 0 Å². The van der Waals surface area contributed by atoms with Gasteiger partial charge in [-0.05, 0) is 45.8 Å². The summed E-state index contributed by atoms with van der Waals surface area (Å²) in [5.41, 5.74) is 1.24. The van der Waals surface area contributed by atoms with Crippen molar-refractivity contribution in [2.24, 2.45) is 0 Å². The van der Waals surface area contributed by atoms with Crippen molar-refractivity contribution < 1.29 is 9.84 Å². The van der Waals surface area contributed by atoms with Crippen molar-refractivity contribution in [3.8, 4) is 5.75 Å². The minimum Gasteiger partial charge on any atom is -0.494 e. The van der Waals surface area contributed by atoms with Gasteiger partial charge in [-0.15, -0.1) is 0 Å². The van der Waals surface area contributed by atoms with Crippen LogP contribution < -0.4 is 4.74 Å². The van der Waals surface area contributed by atoms with E-state index in [-0.39, 0.29) is 0 Å². The fraction of sp³-hybridized carbons (Fsp3) is 0.600. The lowest BCUT2D eigenvalue weighted by molar-refractivity contribution is 0.269. The van der Waals surface area contributed by atoms with Crippen molar-refractivity contribution in [1.29, 1.82) is 0 Å². The van der Waals surface area contributed by atoms with E-state index >= 15 is 0 Å². The molecule has 18 heavy (non-hydrogen) atoms. The van der Waals surface area contributed by atoms with Crippen LogP contribution in [0.5, 0.6) is 5.75 Å². The molecule has 102 valence electrons. The summed E-state index contributed by atoms with van der Waals surface area (Å²) in [6, 6.07) is 8.21. The van der Waals surface area contributed by atoms with Gasteiger partial charge in [0.15, 0.2) is 0 Å². The zero-order valence-corrected chi connectivity index (χ0v) is 11.6. The maximum absolute atomic E-state index is 8.73. The molecule has 1 aromatic rings. The number of hydrogen-bond acceptors (Lipinski definition) is 3. The van der Waals surface area contributed by atoms with E-state index in [0.29, 0.717) is 13.2 Å². The second-order valence-corrected chi connectivity index (χ2v) is 4.56. The molecule has 0 aliphatic carbocycles. The quantitative estimate of drug-likeness (QED) is 0.685. The van der Waals surface area contributed by atoms with Crippen LogP contribution in [0.1, 0.15) is 31.7 Å². The third kappa shape index (κ3) is 5.52. The fourth-order valence-corrected chi connectivity index (χ4v) is 1.97.